The van der Waals surface area contributed by atoms with Crippen molar-refractivity contribution >= 4 is 46.4 Å². The van der Waals surface area contributed by atoms with Crippen LogP contribution in [-0.4, -0.2) is 88.1 Å². The smallest absolute Gasteiger partial charge is 0.319 e. The van der Waals surface area contributed by atoms with Gasteiger partial charge >= 0.3 is 12.0 Å². The van der Waals surface area contributed by atoms with Crippen LogP contribution in [0.2, 0.25) is 0 Å². The Morgan fingerprint density at radius 2 is 2.00 bits per heavy atom. The monoisotopic (exact) mass is 677 g/mol. The average Bonchev–Trinajstić information content (AvgIpc) is 3.72. The number of aromatic nitrogens is 1. The highest BCUT2D eigenvalue weighted by molar-refractivity contribution is 7.17. The molecule has 0 radical (unpaired) electrons. The van der Waals surface area contributed by atoms with Crippen LogP contribution in [0.4, 0.5) is 20.6 Å². The predicted molar refractivity (Wildman–Crippen MR) is 182 cm³/mol. The molecular weight excluding hydrogens is 637 g/mol. The molecule has 3 aliphatic rings. The van der Waals surface area contributed by atoms with E-state index in [1.54, 1.807) is 12.3 Å². The van der Waals surface area contributed by atoms with Crippen molar-refractivity contribution in [1.29, 1.82) is 0 Å². The van der Waals surface area contributed by atoms with Gasteiger partial charge in [0.1, 0.15) is 5.76 Å². The number of anilines is 2. The number of pyridine rings is 1. The summed E-state index contributed by atoms with van der Waals surface area (Å²) in [4.78, 5) is 46.3. The van der Waals surface area contributed by atoms with Gasteiger partial charge < -0.3 is 31.1 Å². The van der Waals surface area contributed by atoms with Gasteiger partial charge in [-0.3, -0.25) is 24.4 Å². The number of carboxylic acid groups (broad SMARTS) is 1. The molecule has 48 heavy (non-hydrogen) atoms. The van der Waals surface area contributed by atoms with Gasteiger partial charge in [-0.1, -0.05) is 6.07 Å². The minimum Gasteiger partial charge on any atom is -0.480 e. The molecule has 12 nitrogen and oxygen atoms in total. The number of nitrogens with one attached hydrogen (secondary N) is 4. The standard InChI is InChI=1S/C34H40FN7O5S/c1-4-36-33(45)20(3)41-16-24(17-41)42(18-31(43)44)15-21-5-9-26(37-14-21)30-13-27-32(48-30)29(11-19(2)38-27)47-28-10-8-23(12-25(28)35)40-34(46)39-22-6-7-22/h5,8-14,19-20,22,24,38H,4,6-7,15-18H2,1-3H3,(H,36,45)(H,43,44)(H2,39,40,46). The molecule has 14 heteroatoms. The van der Waals surface area contributed by atoms with Crippen molar-refractivity contribution < 1.29 is 28.6 Å². The summed E-state index contributed by atoms with van der Waals surface area (Å²) < 4.78 is 21.1. The van der Waals surface area contributed by atoms with Gasteiger partial charge in [-0.15, -0.1) is 11.3 Å². The molecule has 1 saturated carbocycles. The molecule has 4 heterocycles. The quantitative estimate of drug-likeness (QED) is 0.176. The number of aliphatic carboxylic acids is 1. The number of rotatable bonds is 13. The number of likely N-dealkylation sites (tertiary alicyclic amines) is 1. The van der Waals surface area contributed by atoms with Gasteiger partial charge in [0, 0.05) is 62.3 Å². The lowest BCUT2D eigenvalue weighted by atomic mass is 10.0. The number of fused-ring (bicyclic) bond motifs is 1. The number of likely N-dealkylation sites (N-methyl/N-ethyl adjacent to an activating group) is 1. The van der Waals surface area contributed by atoms with Crippen molar-refractivity contribution in [3.05, 3.63) is 64.9 Å². The molecule has 6 rings (SSSR count). The van der Waals surface area contributed by atoms with Crippen LogP contribution >= 0.6 is 11.3 Å². The number of thiophene rings is 1. The van der Waals surface area contributed by atoms with Gasteiger partial charge in [0.25, 0.3) is 0 Å². The first kappa shape index (κ1) is 33.4. The Labute approximate surface area is 282 Å². The van der Waals surface area contributed by atoms with E-state index < -0.39 is 11.8 Å². The highest BCUT2D eigenvalue weighted by atomic mass is 32.1. The van der Waals surface area contributed by atoms with Crippen LogP contribution in [0.3, 0.4) is 0 Å². The van der Waals surface area contributed by atoms with E-state index in [1.807, 2.05) is 54.8 Å². The van der Waals surface area contributed by atoms with Crippen LogP contribution < -0.4 is 26.0 Å². The number of ether oxygens (including phenoxy) is 1. The molecule has 0 spiro atoms. The SMILES string of the molecule is CCNC(=O)C(C)N1CC(N(CC(=O)O)Cc2ccc(-c3cc4c(s3)C(Oc3ccc(NC(=O)NC5CC5)cc3F)=CC(C)N4)nc2)C1. The number of amides is 3. The lowest BCUT2D eigenvalue weighted by Crippen LogP contribution is -2.64. The molecular formula is C34H40FN7O5S. The molecule has 3 aromatic rings. The highest BCUT2D eigenvalue weighted by Gasteiger charge is 2.37. The Morgan fingerprint density at radius 1 is 1.21 bits per heavy atom. The number of halogens is 1. The van der Waals surface area contributed by atoms with Crippen molar-refractivity contribution in [3.8, 4) is 16.3 Å². The fraction of sp³-hybridized carbons (Fsp3) is 0.412. The summed E-state index contributed by atoms with van der Waals surface area (Å²) in [7, 11) is 0. The first-order valence-corrected chi connectivity index (χ1v) is 17.0. The average molecular weight is 678 g/mol. The van der Waals surface area contributed by atoms with Crippen LogP contribution in [0, 0.1) is 5.82 Å². The van der Waals surface area contributed by atoms with E-state index in [9.17, 15) is 19.5 Å². The summed E-state index contributed by atoms with van der Waals surface area (Å²) in [6.07, 6.45) is 5.57. The lowest BCUT2D eigenvalue weighted by Gasteiger charge is -2.47. The van der Waals surface area contributed by atoms with E-state index in [0.717, 1.165) is 39.5 Å². The zero-order valence-electron chi connectivity index (χ0n) is 27.1. The summed E-state index contributed by atoms with van der Waals surface area (Å²) in [6, 6.07) is 9.72. The van der Waals surface area contributed by atoms with E-state index in [4.69, 9.17) is 9.72 Å². The second-order valence-corrected chi connectivity index (χ2v) is 13.5. The number of carboxylic acids is 1. The molecule has 2 aromatic heterocycles. The van der Waals surface area contributed by atoms with Gasteiger partial charge in [-0.05, 0) is 69.5 Å². The maximum absolute atomic E-state index is 15.1. The fourth-order valence-electron chi connectivity index (χ4n) is 5.75. The third-order valence-corrected chi connectivity index (χ3v) is 9.72. The topological polar surface area (TPSA) is 148 Å². The van der Waals surface area contributed by atoms with Crippen LogP contribution in [0.5, 0.6) is 5.75 Å². The number of carbonyl (C=O) groups excluding carboxylic acids is 2. The van der Waals surface area contributed by atoms with E-state index in [-0.39, 0.29) is 48.4 Å². The zero-order valence-corrected chi connectivity index (χ0v) is 27.9. The third kappa shape index (κ3) is 7.94. The van der Waals surface area contributed by atoms with E-state index in [0.29, 0.717) is 37.6 Å². The lowest BCUT2D eigenvalue weighted by molar-refractivity contribution is -0.141. The maximum atomic E-state index is 15.1. The van der Waals surface area contributed by atoms with E-state index >= 15 is 4.39 Å². The largest absolute Gasteiger partial charge is 0.480 e. The molecule has 1 saturated heterocycles. The summed E-state index contributed by atoms with van der Waals surface area (Å²) in [5, 5.41) is 21.3. The van der Waals surface area contributed by atoms with Crippen LogP contribution in [0.1, 0.15) is 44.1 Å². The molecule has 2 atom stereocenters. The molecule has 1 aliphatic carbocycles. The maximum Gasteiger partial charge on any atom is 0.319 e. The van der Waals surface area contributed by atoms with Gasteiger partial charge in [-0.2, -0.15) is 0 Å². The van der Waals surface area contributed by atoms with Crippen molar-refractivity contribution in [3.63, 3.8) is 0 Å². The molecule has 254 valence electrons. The fourth-order valence-corrected chi connectivity index (χ4v) is 6.81. The summed E-state index contributed by atoms with van der Waals surface area (Å²) >= 11 is 1.47. The van der Waals surface area contributed by atoms with Crippen molar-refractivity contribution in [2.45, 2.75) is 64.3 Å². The van der Waals surface area contributed by atoms with Crippen LogP contribution in [0.15, 0.2) is 48.7 Å². The molecule has 1 aromatic carbocycles. The Hall–Kier alpha value is -4.53. The van der Waals surface area contributed by atoms with Crippen LogP contribution in [0.25, 0.3) is 16.3 Å². The van der Waals surface area contributed by atoms with E-state index in [2.05, 4.69) is 21.3 Å². The predicted octanol–water partition coefficient (Wildman–Crippen LogP) is 4.56. The number of benzene rings is 1. The second kappa shape index (κ2) is 14.3. The number of hydrogen-bond acceptors (Lipinski definition) is 9. The molecule has 0 bridgehead atoms. The molecule has 5 N–H and O–H groups in total. The minimum atomic E-state index is -0.907. The molecule has 2 aliphatic heterocycles. The Bertz CT molecular complexity index is 1700. The van der Waals surface area contributed by atoms with Gasteiger partial charge in [0.15, 0.2) is 11.6 Å². The van der Waals surface area contributed by atoms with E-state index in [1.165, 1.54) is 23.5 Å². The highest BCUT2D eigenvalue weighted by Crippen LogP contribution is 2.42. The van der Waals surface area contributed by atoms with Gasteiger partial charge in [-0.25, -0.2) is 9.18 Å². The molecule has 2 unspecified atom stereocenters. The molecule has 2 fully saturated rings. The number of nitrogens with zero attached hydrogens (tertiary/aromatic N) is 3. The summed E-state index contributed by atoms with van der Waals surface area (Å²) in [5.74, 6) is -0.957. The second-order valence-electron chi connectivity index (χ2n) is 12.5. The third-order valence-electron chi connectivity index (χ3n) is 8.55. The number of hydrogen-bond donors (Lipinski definition) is 5. The minimum absolute atomic E-state index is 0.0177. The first-order valence-electron chi connectivity index (χ1n) is 16.2. The van der Waals surface area contributed by atoms with Crippen molar-refractivity contribution in [2.24, 2.45) is 0 Å². The molecule has 3 amide bonds. The summed E-state index contributed by atoms with van der Waals surface area (Å²) in [5.41, 5.74) is 2.82. The summed E-state index contributed by atoms with van der Waals surface area (Å²) in [6.45, 7) is 7.83. The van der Waals surface area contributed by atoms with Crippen LogP contribution in [-0.2, 0) is 16.1 Å². The van der Waals surface area contributed by atoms with Crippen molar-refractivity contribution in [1.82, 2.24) is 25.4 Å². The Kier molecular flexibility index (Phi) is 9.94. The number of carbonyl (C=O) groups is 3. The van der Waals surface area contributed by atoms with Gasteiger partial charge in [0.05, 0.1) is 33.7 Å². The zero-order chi connectivity index (χ0) is 33.9. The normalized spacial score (nSPS) is 18.2. The number of urea groups is 1. The van der Waals surface area contributed by atoms with Gasteiger partial charge in [0.2, 0.25) is 5.91 Å². The van der Waals surface area contributed by atoms with Crippen molar-refractivity contribution in [2.75, 3.05) is 36.8 Å². The Balaban J connectivity index is 1.11. The first-order chi connectivity index (χ1) is 23.1. The Morgan fingerprint density at radius 3 is 2.67 bits per heavy atom.